The van der Waals surface area contributed by atoms with Crippen molar-refractivity contribution in [3.63, 3.8) is 0 Å². The number of nitrogens with two attached hydrogens (primary N) is 1. The first kappa shape index (κ1) is 13.3. The van der Waals surface area contributed by atoms with Gasteiger partial charge in [-0.3, -0.25) is 0 Å². The van der Waals surface area contributed by atoms with Crippen LogP contribution in [0.3, 0.4) is 0 Å². The van der Waals surface area contributed by atoms with E-state index in [2.05, 4.69) is 11.1 Å². The molecule has 1 aliphatic heterocycles. The first-order valence-electron chi connectivity index (χ1n) is 7.11. The Labute approximate surface area is 118 Å². The lowest BCUT2D eigenvalue weighted by atomic mass is 10.2. The number of ether oxygens (including phenoxy) is 2. The largest absolute Gasteiger partial charge is 0.489 e. The molecule has 1 aliphatic rings. The summed E-state index contributed by atoms with van der Waals surface area (Å²) in [6.07, 6.45) is 2.37. The summed E-state index contributed by atoms with van der Waals surface area (Å²) in [6.45, 7) is 3.14. The maximum absolute atomic E-state index is 5.92. The van der Waals surface area contributed by atoms with Crippen LogP contribution in [0.15, 0.2) is 30.3 Å². The van der Waals surface area contributed by atoms with Crippen LogP contribution < -0.4 is 10.5 Å². The Morgan fingerprint density at radius 3 is 2.90 bits per heavy atom. The SMILES string of the molecule is Cc1ccc2cccc(OCC3CCC(CN)O3)c2n1. The summed E-state index contributed by atoms with van der Waals surface area (Å²) < 4.78 is 11.7. The molecule has 0 saturated carbocycles. The molecule has 2 heterocycles. The van der Waals surface area contributed by atoms with Crippen molar-refractivity contribution in [3.8, 4) is 5.75 Å². The number of benzene rings is 1. The average molecular weight is 272 g/mol. The predicted octanol–water partition coefficient (Wildman–Crippen LogP) is 2.43. The molecular formula is C16H20N2O2. The molecule has 4 nitrogen and oxygen atoms in total. The first-order chi connectivity index (χ1) is 9.76. The lowest BCUT2D eigenvalue weighted by molar-refractivity contribution is 0.0225. The third-order valence-corrected chi connectivity index (χ3v) is 3.71. The maximum atomic E-state index is 5.92. The van der Waals surface area contributed by atoms with E-state index in [4.69, 9.17) is 15.2 Å². The number of hydrogen-bond donors (Lipinski definition) is 1. The van der Waals surface area contributed by atoms with E-state index in [1.807, 2.05) is 31.2 Å². The van der Waals surface area contributed by atoms with Crippen molar-refractivity contribution >= 4 is 10.9 Å². The molecule has 0 radical (unpaired) electrons. The molecule has 1 fully saturated rings. The van der Waals surface area contributed by atoms with E-state index in [9.17, 15) is 0 Å². The summed E-state index contributed by atoms with van der Waals surface area (Å²) in [6, 6.07) is 10.1. The molecule has 2 unspecified atom stereocenters. The maximum Gasteiger partial charge on any atom is 0.145 e. The molecule has 2 atom stereocenters. The van der Waals surface area contributed by atoms with Crippen LogP contribution in [0, 0.1) is 6.92 Å². The minimum Gasteiger partial charge on any atom is -0.489 e. The minimum atomic E-state index is 0.142. The van der Waals surface area contributed by atoms with Gasteiger partial charge in [-0.15, -0.1) is 0 Å². The van der Waals surface area contributed by atoms with Crippen molar-refractivity contribution in [3.05, 3.63) is 36.0 Å². The molecule has 4 heteroatoms. The van der Waals surface area contributed by atoms with Gasteiger partial charge in [-0.1, -0.05) is 18.2 Å². The van der Waals surface area contributed by atoms with Gasteiger partial charge in [-0.2, -0.15) is 0 Å². The molecule has 1 aromatic carbocycles. The fourth-order valence-electron chi connectivity index (χ4n) is 2.59. The average Bonchev–Trinajstić information content (AvgIpc) is 2.93. The Kier molecular flexibility index (Phi) is 3.85. The highest BCUT2D eigenvalue weighted by atomic mass is 16.5. The zero-order valence-electron chi connectivity index (χ0n) is 11.7. The number of fused-ring (bicyclic) bond motifs is 1. The second kappa shape index (κ2) is 5.77. The number of hydrogen-bond acceptors (Lipinski definition) is 4. The Balaban J connectivity index is 1.73. The summed E-state index contributed by atoms with van der Waals surface area (Å²) in [4.78, 5) is 4.57. The highest BCUT2D eigenvalue weighted by Crippen LogP contribution is 2.26. The molecule has 2 N–H and O–H groups in total. The van der Waals surface area contributed by atoms with Crippen molar-refractivity contribution in [1.29, 1.82) is 0 Å². The van der Waals surface area contributed by atoms with Crippen LogP contribution in [0.2, 0.25) is 0 Å². The third kappa shape index (κ3) is 2.76. The minimum absolute atomic E-state index is 0.142. The lowest BCUT2D eigenvalue weighted by Gasteiger charge is -2.14. The van der Waals surface area contributed by atoms with Gasteiger partial charge in [0, 0.05) is 17.6 Å². The summed E-state index contributed by atoms with van der Waals surface area (Å²) in [5.41, 5.74) is 7.53. The number of para-hydroxylation sites is 1. The highest BCUT2D eigenvalue weighted by Gasteiger charge is 2.24. The zero-order chi connectivity index (χ0) is 13.9. The van der Waals surface area contributed by atoms with Crippen molar-refractivity contribution in [2.24, 2.45) is 5.73 Å². The van der Waals surface area contributed by atoms with E-state index in [0.29, 0.717) is 13.2 Å². The number of nitrogens with zero attached hydrogens (tertiary/aromatic N) is 1. The number of pyridine rings is 1. The molecule has 0 spiro atoms. The zero-order valence-corrected chi connectivity index (χ0v) is 11.7. The van der Waals surface area contributed by atoms with Gasteiger partial charge in [-0.25, -0.2) is 4.98 Å². The van der Waals surface area contributed by atoms with Crippen LogP contribution in [0.25, 0.3) is 10.9 Å². The van der Waals surface area contributed by atoms with Gasteiger partial charge in [-0.05, 0) is 31.9 Å². The van der Waals surface area contributed by atoms with Crippen LogP contribution in [-0.4, -0.2) is 30.3 Å². The predicted molar refractivity (Wildman–Crippen MR) is 78.9 cm³/mol. The Hall–Kier alpha value is -1.65. The van der Waals surface area contributed by atoms with E-state index in [1.165, 1.54) is 0 Å². The van der Waals surface area contributed by atoms with Gasteiger partial charge in [0.2, 0.25) is 0 Å². The molecule has 1 saturated heterocycles. The summed E-state index contributed by atoms with van der Waals surface area (Å²) in [7, 11) is 0. The van der Waals surface area contributed by atoms with E-state index < -0.39 is 0 Å². The Morgan fingerprint density at radius 2 is 2.10 bits per heavy atom. The molecule has 0 aliphatic carbocycles. The molecule has 1 aromatic heterocycles. The van der Waals surface area contributed by atoms with E-state index in [0.717, 1.165) is 35.2 Å². The van der Waals surface area contributed by atoms with E-state index in [-0.39, 0.29) is 12.2 Å². The highest BCUT2D eigenvalue weighted by molar-refractivity contribution is 5.84. The van der Waals surface area contributed by atoms with Gasteiger partial charge < -0.3 is 15.2 Å². The van der Waals surface area contributed by atoms with Crippen molar-refractivity contribution in [2.45, 2.75) is 32.0 Å². The van der Waals surface area contributed by atoms with Crippen LogP contribution in [0.4, 0.5) is 0 Å². The monoisotopic (exact) mass is 272 g/mol. The summed E-state index contributed by atoms with van der Waals surface area (Å²) in [5, 5.41) is 1.10. The second-order valence-electron chi connectivity index (χ2n) is 5.28. The van der Waals surface area contributed by atoms with Gasteiger partial charge in [0.05, 0.1) is 12.2 Å². The summed E-state index contributed by atoms with van der Waals surface area (Å²) >= 11 is 0. The third-order valence-electron chi connectivity index (χ3n) is 3.71. The molecule has 0 amide bonds. The Bertz CT molecular complexity index is 600. The fraction of sp³-hybridized carbons (Fsp3) is 0.438. The standard InChI is InChI=1S/C16H20N2O2/c1-11-5-6-12-3-2-4-15(16(12)18-11)19-10-14-8-7-13(9-17)20-14/h2-6,13-14H,7-10,17H2,1H3. The number of aryl methyl sites for hydroxylation is 1. The molecule has 20 heavy (non-hydrogen) atoms. The summed E-state index contributed by atoms with van der Waals surface area (Å²) in [5.74, 6) is 0.825. The number of rotatable bonds is 4. The lowest BCUT2D eigenvalue weighted by Crippen LogP contribution is -2.23. The topological polar surface area (TPSA) is 57.4 Å². The number of aromatic nitrogens is 1. The molecule has 2 aromatic rings. The normalized spacial score (nSPS) is 22.3. The molecule has 106 valence electrons. The van der Waals surface area contributed by atoms with Gasteiger partial charge in [0.1, 0.15) is 17.9 Å². The van der Waals surface area contributed by atoms with Crippen molar-refractivity contribution in [1.82, 2.24) is 4.98 Å². The van der Waals surface area contributed by atoms with Crippen LogP contribution in [0.1, 0.15) is 18.5 Å². The molecular weight excluding hydrogens is 252 g/mol. The Morgan fingerprint density at radius 1 is 1.25 bits per heavy atom. The van der Waals surface area contributed by atoms with Gasteiger partial charge in [0.15, 0.2) is 0 Å². The van der Waals surface area contributed by atoms with Crippen LogP contribution in [0.5, 0.6) is 5.75 Å². The smallest absolute Gasteiger partial charge is 0.145 e. The quantitative estimate of drug-likeness (QED) is 0.928. The van der Waals surface area contributed by atoms with Crippen LogP contribution >= 0.6 is 0 Å². The van der Waals surface area contributed by atoms with Gasteiger partial charge in [0.25, 0.3) is 0 Å². The first-order valence-corrected chi connectivity index (χ1v) is 7.11. The van der Waals surface area contributed by atoms with Crippen molar-refractivity contribution < 1.29 is 9.47 Å². The van der Waals surface area contributed by atoms with E-state index in [1.54, 1.807) is 0 Å². The van der Waals surface area contributed by atoms with Crippen LogP contribution in [-0.2, 0) is 4.74 Å². The van der Waals surface area contributed by atoms with Gasteiger partial charge >= 0.3 is 0 Å². The second-order valence-corrected chi connectivity index (χ2v) is 5.28. The van der Waals surface area contributed by atoms with E-state index >= 15 is 0 Å². The fourth-order valence-corrected chi connectivity index (χ4v) is 2.59. The van der Waals surface area contributed by atoms with Crippen molar-refractivity contribution in [2.75, 3.05) is 13.2 Å². The molecule has 3 rings (SSSR count). The molecule has 0 bridgehead atoms.